The Hall–Kier alpha value is -2.02. The number of carbonyl (C=O) groups is 1. The average Bonchev–Trinajstić information content (AvgIpc) is 2.81. The first-order valence-electron chi connectivity index (χ1n) is 6.10. The molecule has 0 unspecified atom stereocenters. The molecule has 1 aromatic rings. The van der Waals surface area contributed by atoms with Gasteiger partial charge in [-0.2, -0.15) is 5.26 Å². The average molecular weight is 244 g/mol. The maximum absolute atomic E-state index is 12.0. The molecule has 1 heterocycles. The second-order valence-electron chi connectivity index (χ2n) is 4.30. The van der Waals surface area contributed by atoms with Gasteiger partial charge in [-0.3, -0.25) is 4.79 Å². The maximum Gasteiger partial charge on any atom is 0.227 e. The molecule has 0 aromatic heterocycles. The summed E-state index contributed by atoms with van der Waals surface area (Å²) in [6.45, 7) is 0.730. The van der Waals surface area contributed by atoms with Crippen LogP contribution in [-0.2, 0) is 11.2 Å². The van der Waals surface area contributed by atoms with Crippen LogP contribution in [0.4, 0.5) is 5.69 Å². The number of carbonyl (C=O) groups excluding carboxylic acids is 1. The molecule has 0 aliphatic carbocycles. The second kappa shape index (κ2) is 5.54. The maximum atomic E-state index is 12.0. The summed E-state index contributed by atoms with van der Waals surface area (Å²) in [7, 11) is 1.64. The minimum atomic E-state index is 0.106. The lowest BCUT2D eigenvalue weighted by Crippen LogP contribution is -2.28. The second-order valence-corrected chi connectivity index (χ2v) is 4.30. The molecule has 18 heavy (non-hydrogen) atoms. The molecule has 0 saturated heterocycles. The molecule has 4 nitrogen and oxygen atoms in total. The van der Waals surface area contributed by atoms with Gasteiger partial charge in [-0.15, -0.1) is 0 Å². The Kier molecular flexibility index (Phi) is 3.83. The summed E-state index contributed by atoms with van der Waals surface area (Å²) in [5.74, 6) is 0.932. The number of unbranched alkanes of at least 4 members (excludes halogenated alkanes) is 1. The van der Waals surface area contributed by atoms with Gasteiger partial charge >= 0.3 is 0 Å². The van der Waals surface area contributed by atoms with E-state index in [1.165, 1.54) is 0 Å². The third kappa shape index (κ3) is 2.45. The van der Waals surface area contributed by atoms with Crippen LogP contribution in [-0.4, -0.2) is 19.6 Å². The van der Waals surface area contributed by atoms with E-state index in [1.54, 1.807) is 7.11 Å². The molecule has 1 aliphatic rings. The summed E-state index contributed by atoms with van der Waals surface area (Å²) >= 11 is 0. The fourth-order valence-electron chi connectivity index (χ4n) is 2.22. The zero-order chi connectivity index (χ0) is 13.0. The third-order valence-corrected chi connectivity index (χ3v) is 3.16. The lowest BCUT2D eigenvalue weighted by atomic mass is 10.1. The van der Waals surface area contributed by atoms with Gasteiger partial charge in [-0.05, 0) is 36.6 Å². The van der Waals surface area contributed by atoms with E-state index in [0.29, 0.717) is 19.3 Å². The van der Waals surface area contributed by atoms with Crippen molar-refractivity contribution >= 4 is 11.6 Å². The molecule has 0 radical (unpaired) electrons. The van der Waals surface area contributed by atoms with Gasteiger partial charge in [0.25, 0.3) is 0 Å². The van der Waals surface area contributed by atoms with Crippen molar-refractivity contribution in [3.63, 3.8) is 0 Å². The standard InChI is InChI=1S/C14H16N2O2/c1-18-12-5-6-13-11(10-12)7-9-16(13)14(17)4-2-3-8-15/h5-6,10H,2-4,7,9H2,1H3. The van der Waals surface area contributed by atoms with Gasteiger partial charge in [-0.25, -0.2) is 0 Å². The first-order valence-corrected chi connectivity index (χ1v) is 6.10. The van der Waals surface area contributed by atoms with Crippen molar-refractivity contribution in [2.24, 2.45) is 0 Å². The molecule has 0 N–H and O–H groups in total. The van der Waals surface area contributed by atoms with Gasteiger partial charge in [0.05, 0.1) is 13.2 Å². The largest absolute Gasteiger partial charge is 0.497 e. The molecule has 1 amide bonds. The molecule has 94 valence electrons. The Balaban J connectivity index is 2.07. The summed E-state index contributed by atoms with van der Waals surface area (Å²) in [6.07, 6.45) is 2.39. The number of hydrogen-bond donors (Lipinski definition) is 0. The summed E-state index contributed by atoms with van der Waals surface area (Å²) in [5.41, 5.74) is 2.14. The molecule has 1 aliphatic heterocycles. The van der Waals surface area contributed by atoms with Crippen molar-refractivity contribution in [3.05, 3.63) is 23.8 Å². The van der Waals surface area contributed by atoms with Crippen molar-refractivity contribution < 1.29 is 9.53 Å². The van der Waals surface area contributed by atoms with Crippen molar-refractivity contribution in [2.75, 3.05) is 18.6 Å². The van der Waals surface area contributed by atoms with Crippen LogP contribution in [0, 0.1) is 11.3 Å². The minimum absolute atomic E-state index is 0.106. The Morgan fingerprint density at radius 2 is 2.39 bits per heavy atom. The number of hydrogen-bond acceptors (Lipinski definition) is 3. The lowest BCUT2D eigenvalue weighted by Gasteiger charge is -2.17. The quantitative estimate of drug-likeness (QED) is 0.763. The molecule has 2 rings (SSSR count). The molecule has 0 atom stereocenters. The van der Waals surface area contributed by atoms with Gasteiger partial charge in [0.15, 0.2) is 0 Å². The number of rotatable bonds is 4. The highest BCUT2D eigenvalue weighted by Crippen LogP contribution is 2.31. The lowest BCUT2D eigenvalue weighted by molar-refractivity contribution is -0.118. The van der Waals surface area contributed by atoms with E-state index in [-0.39, 0.29) is 5.91 Å². The van der Waals surface area contributed by atoms with Gasteiger partial charge < -0.3 is 9.64 Å². The summed E-state index contributed by atoms with van der Waals surface area (Å²) in [5, 5.41) is 8.47. The summed E-state index contributed by atoms with van der Waals surface area (Å²) in [6, 6.07) is 7.85. The number of fused-ring (bicyclic) bond motifs is 1. The number of nitrogens with zero attached hydrogens (tertiary/aromatic N) is 2. The van der Waals surface area contributed by atoms with E-state index in [0.717, 1.165) is 30.0 Å². The molecule has 0 spiro atoms. The number of nitriles is 1. The van der Waals surface area contributed by atoms with Crippen LogP contribution < -0.4 is 9.64 Å². The Labute approximate surface area is 107 Å². The molecule has 4 heteroatoms. The number of benzene rings is 1. The van der Waals surface area contributed by atoms with E-state index < -0.39 is 0 Å². The van der Waals surface area contributed by atoms with Crippen molar-refractivity contribution in [2.45, 2.75) is 25.7 Å². The number of methoxy groups -OCH3 is 1. The molecule has 1 aromatic carbocycles. The topological polar surface area (TPSA) is 53.3 Å². The number of anilines is 1. The van der Waals surface area contributed by atoms with Gasteiger partial charge in [0.1, 0.15) is 5.75 Å². The molecular weight excluding hydrogens is 228 g/mol. The van der Waals surface area contributed by atoms with Crippen molar-refractivity contribution in [1.82, 2.24) is 0 Å². The number of ether oxygens (including phenoxy) is 1. The Bertz CT molecular complexity index is 491. The summed E-state index contributed by atoms with van der Waals surface area (Å²) in [4.78, 5) is 13.8. The predicted molar refractivity (Wildman–Crippen MR) is 68.5 cm³/mol. The van der Waals surface area contributed by atoms with Crippen LogP contribution in [0.2, 0.25) is 0 Å². The normalized spacial score (nSPS) is 13.0. The third-order valence-electron chi connectivity index (χ3n) is 3.16. The SMILES string of the molecule is COc1ccc2c(c1)CCN2C(=O)CCCC#N. The highest BCUT2D eigenvalue weighted by molar-refractivity contribution is 5.95. The smallest absolute Gasteiger partial charge is 0.227 e. The molecule has 0 saturated carbocycles. The van der Waals surface area contributed by atoms with E-state index in [2.05, 4.69) is 6.07 Å². The zero-order valence-electron chi connectivity index (χ0n) is 10.5. The van der Waals surface area contributed by atoms with E-state index >= 15 is 0 Å². The van der Waals surface area contributed by atoms with Crippen LogP contribution in [0.25, 0.3) is 0 Å². The summed E-state index contributed by atoms with van der Waals surface area (Å²) < 4.78 is 5.18. The van der Waals surface area contributed by atoms with E-state index in [4.69, 9.17) is 10.00 Å². The highest BCUT2D eigenvalue weighted by Gasteiger charge is 2.24. The van der Waals surface area contributed by atoms with Gasteiger partial charge in [0, 0.05) is 25.1 Å². The predicted octanol–water partition coefficient (Wildman–Crippen LogP) is 2.28. The Morgan fingerprint density at radius 3 is 3.11 bits per heavy atom. The first-order chi connectivity index (χ1) is 8.76. The van der Waals surface area contributed by atoms with Crippen LogP contribution in [0.3, 0.4) is 0 Å². The molecule has 0 bridgehead atoms. The van der Waals surface area contributed by atoms with Crippen LogP contribution in [0.5, 0.6) is 5.75 Å². The van der Waals surface area contributed by atoms with E-state index in [9.17, 15) is 4.79 Å². The van der Waals surface area contributed by atoms with Crippen LogP contribution in [0.15, 0.2) is 18.2 Å². The minimum Gasteiger partial charge on any atom is -0.497 e. The van der Waals surface area contributed by atoms with Crippen LogP contribution in [0.1, 0.15) is 24.8 Å². The monoisotopic (exact) mass is 244 g/mol. The van der Waals surface area contributed by atoms with E-state index in [1.807, 2.05) is 23.1 Å². The van der Waals surface area contributed by atoms with Gasteiger partial charge in [0.2, 0.25) is 5.91 Å². The Morgan fingerprint density at radius 1 is 1.56 bits per heavy atom. The molecule has 0 fully saturated rings. The fraction of sp³-hybridized carbons (Fsp3) is 0.429. The highest BCUT2D eigenvalue weighted by atomic mass is 16.5. The molecular formula is C14H16N2O2. The fourth-order valence-corrected chi connectivity index (χ4v) is 2.22. The van der Waals surface area contributed by atoms with Crippen molar-refractivity contribution in [1.29, 1.82) is 5.26 Å². The van der Waals surface area contributed by atoms with Gasteiger partial charge in [-0.1, -0.05) is 0 Å². The zero-order valence-corrected chi connectivity index (χ0v) is 10.5. The van der Waals surface area contributed by atoms with Crippen molar-refractivity contribution in [3.8, 4) is 11.8 Å². The first kappa shape index (κ1) is 12.4. The number of amides is 1. The van der Waals surface area contributed by atoms with Crippen LogP contribution >= 0.6 is 0 Å².